The van der Waals surface area contributed by atoms with Gasteiger partial charge in [0.05, 0.1) is 0 Å². The van der Waals surface area contributed by atoms with Gasteiger partial charge in [-0.05, 0) is 0 Å². The van der Waals surface area contributed by atoms with Crippen LogP contribution in [0.2, 0.25) is 0 Å². The van der Waals surface area contributed by atoms with Crippen LogP contribution in [0.25, 0.3) is 0 Å². The molecule has 0 amide bonds. The topological polar surface area (TPSA) is 0 Å². The van der Waals surface area contributed by atoms with E-state index in [4.69, 9.17) is 0 Å². The SMILES string of the molecule is F.F.F.F.F.[LiH].[SiH3]c1ccccc1. The van der Waals surface area contributed by atoms with Crippen molar-refractivity contribution >= 4 is 34.3 Å². The van der Waals surface area contributed by atoms with Gasteiger partial charge in [0.25, 0.3) is 0 Å². The van der Waals surface area contributed by atoms with Crippen molar-refractivity contribution in [2.24, 2.45) is 0 Å². The Bertz CT molecular complexity index is 151. The predicted octanol–water partition coefficient (Wildman–Crippen LogP) is -0.209. The summed E-state index contributed by atoms with van der Waals surface area (Å²) in [5.74, 6) is 0. The zero-order valence-electron chi connectivity index (χ0n) is 6.43. The van der Waals surface area contributed by atoms with Crippen LogP contribution >= 0.6 is 0 Å². The van der Waals surface area contributed by atoms with Gasteiger partial charge in [0.2, 0.25) is 0 Å². The van der Waals surface area contributed by atoms with E-state index in [-0.39, 0.29) is 42.4 Å². The molecule has 1 aromatic carbocycles. The molecule has 78 valence electrons. The van der Waals surface area contributed by atoms with E-state index in [9.17, 15) is 0 Å². The molecule has 13 heavy (non-hydrogen) atoms. The minimum absolute atomic E-state index is 0. The Morgan fingerprint density at radius 3 is 1.15 bits per heavy atom. The van der Waals surface area contributed by atoms with Crippen molar-refractivity contribution in [2.45, 2.75) is 0 Å². The van der Waals surface area contributed by atoms with Gasteiger partial charge in [-0.15, -0.1) is 0 Å². The average molecular weight is 216 g/mol. The fraction of sp³-hybridized carbons (Fsp3) is 0. The van der Waals surface area contributed by atoms with Crippen molar-refractivity contribution in [1.82, 2.24) is 0 Å². The first-order chi connectivity index (χ1) is 3.39. The van der Waals surface area contributed by atoms with Gasteiger partial charge in [-0.25, -0.2) is 0 Å². The second-order valence-corrected chi connectivity index (χ2v) is 2.81. The molecule has 0 saturated carbocycles. The summed E-state index contributed by atoms with van der Waals surface area (Å²) in [5, 5.41) is 1.46. The second-order valence-electron chi connectivity index (χ2n) is 1.65. The molecule has 0 spiro atoms. The minimum atomic E-state index is 0. The molecule has 0 fully saturated rings. The van der Waals surface area contributed by atoms with Crippen LogP contribution in [0, 0.1) is 0 Å². The molecule has 0 aliphatic rings. The quantitative estimate of drug-likeness (QED) is 0.416. The summed E-state index contributed by atoms with van der Waals surface area (Å²) in [6, 6.07) is 10.5. The maximum Gasteiger partial charge on any atom is 0.0384 e. The molecular formula is C6H14F5LiSi. The van der Waals surface area contributed by atoms with E-state index in [0.29, 0.717) is 0 Å². The van der Waals surface area contributed by atoms with Crippen LogP contribution < -0.4 is 5.19 Å². The minimum Gasteiger partial charge on any atom is -0.0708 e. The first kappa shape index (κ1) is 38.8. The van der Waals surface area contributed by atoms with Crippen molar-refractivity contribution < 1.29 is 23.5 Å². The Morgan fingerprint density at radius 1 is 0.692 bits per heavy atom. The fourth-order valence-electron chi connectivity index (χ4n) is 0.534. The van der Waals surface area contributed by atoms with Crippen molar-refractivity contribution in [1.29, 1.82) is 0 Å². The third kappa shape index (κ3) is 18.6. The average Bonchev–Trinajstić information content (AvgIpc) is 1.69. The van der Waals surface area contributed by atoms with E-state index in [1.54, 1.807) is 0 Å². The summed E-state index contributed by atoms with van der Waals surface area (Å²) >= 11 is 0. The van der Waals surface area contributed by atoms with Crippen LogP contribution in [0.4, 0.5) is 23.5 Å². The molecule has 1 aromatic rings. The summed E-state index contributed by atoms with van der Waals surface area (Å²) in [4.78, 5) is 0. The number of benzene rings is 1. The third-order valence-electron chi connectivity index (χ3n) is 0.940. The van der Waals surface area contributed by atoms with Gasteiger partial charge in [-0.3, -0.25) is 23.5 Å². The number of hydrogen-bond acceptors (Lipinski definition) is 0. The van der Waals surface area contributed by atoms with E-state index in [1.165, 1.54) is 15.4 Å². The maximum atomic E-state index is 2.15. The molecule has 0 atom stereocenters. The molecule has 0 saturated heterocycles. The maximum absolute atomic E-state index is 2.15. The Hall–Kier alpha value is -0.316. The van der Waals surface area contributed by atoms with Gasteiger partial charge < -0.3 is 0 Å². The smallest absolute Gasteiger partial charge is 0.0384 e. The van der Waals surface area contributed by atoms with Crippen molar-refractivity contribution in [3.8, 4) is 0 Å². The van der Waals surface area contributed by atoms with Crippen LogP contribution in [0.5, 0.6) is 0 Å². The van der Waals surface area contributed by atoms with Gasteiger partial charge in [0, 0.05) is 10.2 Å². The van der Waals surface area contributed by atoms with Crippen molar-refractivity contribution in [3.63, 3.8) is 0 Å². The predicted molar refractivity (Wildman–Crippen MR) is 55.7 cm³/mol. The van der Waals surface area contributed by atoms with Crippen LogP contribution in [0.3, 0.4) is 0 Å². The van der Waals surface area contributed by atoms with Gasteiger partial charge in [0.15, 0.2) is 0 Å². The molecule has 0 bridgehead atoms. The third-order valence-corrected chi connectivity index (χ3v) is 1.61. The van der Waals surface area contributed by atoms with Gasteiger partial charge in [0.1, 0.15) is 0 Å². The van der Waals surface area contributed by atoms with Crippen LogP contribution in [0.15, 0.2) is 30.3 Å². The summed E-state index contributed by atoms with van der Waals surface area (Å²) < 4.78 is 0. The summed E-state index contributed by atoms with van der Waals surface area (Å²) in [5.41, 5.74) is 0. The van der Waals surface area contributed by atoms with Crippen LogP contribution in [-0.4, -0.2) is 29.1 Å². The number of halogens is 5. The van der Waals surface area contributed by atoms with E-state index in [1.807, 2.05) is 6.07 Å². The van der Waals surface area contributed by atoms with Gasteiger partial charge in [-0.1, -0.05) is 35.5 Å². The Kier molecular flexibility index (Phi) is 67.3. The molecule has 0 radical (unpaired) electrons. The largest absolute Gasteiger partial charge is 0.0708 e. The molecule has 0 aliphatic heterocycles. The normalized spacial score (nSPS) is 4.92. The van der Waals surface area contributed by atoms with Gasteiger partial charge in [-0.2, -0.15) is 0 Å². The van der Waals surface area contributed by atoms with Gasteiger partial charge >= 0.3 is 18.9 Å². The van der Waals surface area contributed by atoms with E-state index in [0.717, 1.165) is 0 Å². The molecular weight excluding hydrogens is 202 g/mol. The van der Waals surface area contributed by atoms with Crippen LogP contribution in [-0.2, 0) is 0 Å². The summed E-state index contributed by atoms with van der Waals surface area (Å²) in [6.07, 6.45) is 0. The molecule has 0 aromatic heterocycles. The number of hydrogen-bond donors (Lipinski definition) is 0. The number of rotatable bonds is 0. The fourth-order valence-corrected chi connectivity index (χ4v) is 0.919. The van der Waals surface area contributed by atoms with Crippen molar-refractivity contribution in [2.75, 3.05) is 0 Å². The van der Waals surface area contributed by atoms with E-state index < -0.39 is 0 Å². The molecule has 1 rings (SSSR count). The monoisotopic (exact) mass is 216 g/mol. The molecule has 0 heterocycles. The Labute approximate surface area is 88.5 Å². The zero-order chi connectivity index (χ0) is 5.11. The molecule has 0 nitrogen and oxygen atoms in total. The first-order valence-electron chi connectivity index (χ1n) is 2.41. The standard InChI is InChI=1S/C6H8Si.5FH.Li.H/c7-6-4-2-1-3-5-6;;;;;;;/h1-5H,7H3;5*1H;;. The Morgan fingerprint density at radius 2 is 1.00 bits per heavy atom. The van der Waals surface area contributed by atoms with Crippen molar-refractivity contribution in [3.05, 3.63) is 30.3 Å². The second kappa shape index (κ2) is 22.6. The molecule has 7 heteroatoms. The molecule has 0 N–H and O–H groups in total. The zero-order valence-corrected chi connectivity index (χ0v) is 8.43. The Balaban J connectivity index is -0.0000000204. The van der Waals surface area contributed by atoms with E-state index in [2.05, 4.69) is 24.3 Å². The van der Waals surface area contributed by atoms with E-state index >= 15 is 0 Å². The molecule has 0 unspecified atom stereocenters. The summed E-state index contributed by atoms with van der Waals surface area (Å²) in [7, 11) is 1.17. The van der Waals surface area contributed by atoms with Crippen LogP contribution in [0.1, 0.15) is 0 Å². The molecule has 0 aliphatic carbocycles. The summed E-state index contributed by atoms with van der Waals surface area (Å²) in [6.45, 7) is 0. The first-order valence-corrected chi connectivity index (χ1v) is 3.41.